The van der Waals surface area contributed by atoms with Gasteiger partial charge in [-0.1, -0.05) is 49.4 Å². The lowest BCUT2D eigenvalue weighted by atomic mass is 9.94. The Morgan fingerprint density at radius 2 is 1.61 bits per heavy atom. The van der Waals surface area contributed by atoms with E-state index in [1.54, 1.807) is 42.5 Å². The van der Waals surface area contributed by atoms with Crippen LogP contribution in [0.15, 0.2) is 71.5 Å². The first-order valence-electron chi connectivity index (χ1n) is 13.2. The minimum absolute atomic E-state index is 0.0338. The molecule has 1 heterocycles. The normalized spacial score (nSPS) is 12.0. The molecule has 0 radical (unpaired) electrons. The smallest absolute Gasteiger partial charge is 0.368 e. The van der Waals surface area contributed by atoms with Crippen LogP contribution in [0.4, 0.5) is 27.8 Å². The summed E-state index contributed by atoms with van der Waals surface area (Å²) in [6.07, 6.45) is -4.34. The molecular formula is C30H29F5N4O2. The summed E-state index contributed by atoms with van der Waals surface area (Å²) in [4.78, 5) is 24.3. The Hall–Kier alpha value is -4.28. The summed E-state index contributed by atoms with van der Waals surface area (Å²) in [7, 11) is 0. The SMILES string of the molecule is CCC(F)(F)c1cc(-c2cccc(CCC(=O)NCCCNc3n[nH]c(=O)c4ccccc34)c2)cc(C(F)(F)F)c1. The predicted octanol–water partition coefficient (Wildman–Crippen LogP) is 6.66. The van der Waals surface area contributed by atoms with Crippen molar-refractivity contribution in [2.75, 3.05) is 18.4 Å². The van der Waals surface area contributed by atoms with Crippen LogP contribution in [-0.2, 0) is 23.3 Å². The zero-order chi connectivity index (χ0) is 29.6. The number of carbonyl (C=O) groups excluding carboxylic acids is 1. The van der Waals surface area contributed by atoms with Crippen molar-refractivity contribution in [3.05, 3.63) is 93.8 Å². The van der Waals surface area contributed by atoms with Crippen molar-refractivity contribution in [2.45, 2.75) is 44.7 Å². The van der Waals surface area contributed by atoms with E-state index in [0.29, 0.717) is 59.7 Å². The molecule has 0 saturated heterocycles. The molecule has 4 rings (SSSR count). The fourth-order valence-electron chi connectivity index (χ4n) is 4.40. The number of amides is 1. The molecule has 216 valence electrons. The van der Waals surface area contributed by atoms with E-state index in [9.17, 15) is 31.5 Å². The topological polar surface area (TPSA) is 86.9 Å². The van der Waals surface area contributed by atoms with E-state index < -0.39 is 29.6 Å². The molecule has 0 aliphatic rings. The Balaban J connectivity index is 1.32. The van der Waals surface area contributed by atoms with Gasteiger partial charge in [0, 0.05) is 36.9 Å². The lowest BCUT2D eigenvalue weighted by Crippen LogP contribution is -2.26. The maximum absolute atomic E-state index is 14.3. The highest BCUT2D eigenvalue weighted by molar-refractivity contribution is 5.90. The molecule has 1 aromatic heterocycles. The van der Waals surface area contributed by atoms with Gasteiger partial charge in [0.05, 0.1) is 10.9 Å². The summed E-state index contributed by atoms with van der Waals surface area (Å²) in [5.41, 5.74) is -1.02. The van der Waals surface area contributed by atoms with Crippen molar-refractivity contribution in [1.29, 1.82) is 0 Å². The molecule has 3 aromatic carbocycles. The van der Waals surface area contributed by atoms with Gasteiger partial charge in [-0.15, -0.1) is 0 Å². The van der Waals surface area contributed by atoms with E-state index in [4.69, 9.17) is 0 Å². The third kappa shape index (κ3) is 7.47. The summed E-state index contributed by atoms with van der Waals surface area (Å²) < 4.78 is 69.0. The Labute approximate surface area is 233 Å². The summed E-state index contributed by atoms with van der Waals surface area (Å²) >= 11 is 0. The van der Waals surface area contributed by atoms with Crippen LogP contribution in [0.1, 0.15) is 42.9 Å². The summed E-state index contributed by atoms with van der Waals surface area (Å²) in [6, 6.07) is 16.1. The van der Waals surface area contributed by atoms with Crippen LogP contribution >= 0.6 is 0 Å². The average molecular weight is 573 g/mol. The number of aryl methyl sites for hydroxylation is 1. The molecule has 0 spiro atoms. The number of hydrogen-bond acceptors (Lipinski definition) is 4. The van der Waals surface area contributed by atoms with E-state index >= 15 is 0 Å². The van der Waals surface area contributed by atoms with Crippen LogP contribution in [0.2, 0.25) is 0 Å². The Bertz CT molecular complexity index is 1580. The first-order chi connectivity index (χ1) is 19.5. The second-order valence-corrected chi connectivity index (χ2v) is 9.63. The fourth-order valence-corrected chi connectivity index (χ4v) is 4.40. The second kappa shape index (κ2) is 12.5. The van der Waals surface area contributed by atoms with Gasteiger partial charge in [-0.2, -0.15) is 18.3 Å². The van der Waals surface area contributed by atoms with Crippen molar-refractivity contribution in [3.8, 4) is 11.1 Å². The first-order valence-corrected chi connectivity index (χ1v) is 13.2. The van der Waals surface area contributed by atoms with Gasteiger partial charge in [0.1, 0.15) is 0 Å². The Kier molecular flexibility index (Phi) is 9.05. The van der Waals surface area contributed by atoms with Gasteiger partial charge in [0.15, 0.2) is 5.82 Å². The van der Waals surface area contributed by atoms with Crippen LogP contribution in [-0.4, -0.2) is 29.2 Å². The predicted molar refractivity (Wildman–Crippen MR) is 148 cm³/mol. The number of hydrogen-bond donors (Lipinski definition) is 3. The van der Waals surface area contributed by atoms with Crippen LogP contribution in [0, 0.1) is 0 Å². The van der Waals surface area contributed by atoms with Crippen molar-refractivity contribution in [1.82, 2.24) is 15.5 Å². The lowest BCUT2D eigenvalue weighted by Gasteiger charge is -2.18. The highest BCUT2D eigenvalue weighted by atomic mass is 19.4. The van der Waals surface area contributed by atoms with Gasteiger partial charge in [-0.3, -0.25) is 9.59 Å². The first kappa shape index (κ1) is 29.7. The molecular weight excluding hydrogens is 543 g/mol. The number of nitrogens with zero attached hydrogens (tertiary/aromatic N) is 1. The quantitative estimate of drug-likeness (QED) is 0.139. The van der Waals surface area contributed by atoms with Gasteiger partial charge in [0.2, 0.25) is 5.91 Å². The molecule has 3 N–H and O–H groups in total. The van der Waals surface area contributed by atoms with Gasteiger partial charge >= 0.3 is 6.18 Å². The Morgan fingerprint density at radius 1 is 0.878 bits per heavy atom. The third-order valence-corrected chi connectivity index (χ3v) is 6.69. The third-order valence-electron chi connectivity index (χ3n) is 6.69. The fraction of sp³-hybridized carbons (Fsp3) is 0.300. The maximum Gasteiger partial charge on any atom is 0.416 e. The summed E-state index contributed by atoms with van der Waals surface area (Å²) in [5, 5.41) is 13.7. The number of halogens is 5. The monoisotopic (exact) mass is 572 g/mol. The molecule has 6 nitrogen and oxygen atoms in total. The molecule has 4 aromatic rings. The number of aromatic nitrogens is 2. The number of anilines is 1. The average Bonchev–Trinajstić information content (AvgIpc) is 2.96. The molecule has 0 bridgehead atoms. The molecule has 0 atom stereocenters. The van der Waals surface area contributed by atoms with Crippen molar-refractivity contribution in [2.24, 2.45) is 0 Å². The number of fused-ring (bicyclic) bond motifs is 1. The zero-order valence-corrected chi connectivity index (χ0v) is 22.2. The highest BCUT2D eigenvalue weighted by Crippen LogP contribution is 2.39. The van der Waals surface area contributed by atoms with Crippen LogP contribution in [0.25, 0.3) is 21.9 Å². The standard InChI is InChI=1S/C30H29F5N4O2/c1-2-29(31,32)22-16-21(17-23(18-22)30(33,34)35)20-8-5-7-19(15-20)11-12-26(40)36-13-6-14-37-27-24-9-3-4-10-25(24)28(41)39-38-27/h3-5,7-10,15-18H,2,6,11-14H2,1H3,(H,36,40)(H,37,38)(H,39,41). The highest BCUT2D eigenvalue weighted by Gasteiger charge is 2.36. The van der Waals surface area contributed by atoms with Gasteiger partial charge in [0.25, 0.3) is 11.5 Å². The second-order valence-electron chi connectivity index (χ2n) is 9.63. The van der Waals surface area contributed by atoms with Crippen molar-refractivity contribution < 1.29 is 26.7 Å². The summed E-state index contributed by atoms with van der Waals surface area (Å²) in [5.74, 6) is -3.06. The van der Waals surface area contributed by atoms with Crippen molar-refractivity contribution >= 4 is 22.5 Å². The molecule has 0 fully saturated rings. The van der Waals surface area contributed by atoms with Crippen LogP contribution < -0.4 is 16.2 Å². The molecule has 0 unspecified atom stereocenters. The number of rotatable bonds is 11. The van der Waals surface area contributed by atoms with E-state index in [0.717, 1.165) is 12.1 Å². The van der Waals surface area contributed by atoms with Crippen LogP contribution in [0.5, 0.6) is 0 Å². The maximum atomic E-state index is 14.3. The number of aromatic amines is 1. The van der Waals surface area contributed by atoms with Gasteiger partial charge < -0.3 is 10.6 Å². The minimum atomic E-state index is -4.77. The number of benzene rings is 3. The molecule has 0 aliphatic heterocycles. The van der Waals surface area contributed by atoms with E-state index in [2.05, 4.69) is 20.8 Å². The molecule has 0 aliphatic carbocycles. The number of alkyl halides is 5. The molecule has 1 amide bonds. The lowest BCUT2D eigenvalue weighted by molar-refractivity contribution is -0.137. The molecule has 41 heavy (non-hydrogen) atoms. The van der Waals surface area contributed by atoms with Gasteiger partial charge in [-0.25, -0.2) is 13.9 Å². The van der Waals surface area contributed by atoms with E-state index in [1.807, 2.05) is 6.07 Å². The van der Waals surface area contributed by atoms with E-state index in [-0.39, 0.29) is 23.5 Å². The molecule has 0 saturated carbocycles. The van der Waals surface area contributed by atoms with E-state index in [1.165, 1.54) is 6.92 Å². The van der Waals surface area contributed by atoms with Gasteiger partial charge in [-0.05, 0) is 53.8 Å². The summed E-state index contributed by atoms with van der Waals surface area (Å²) in [6.45, 7) is 2.11. The minimum Gasteiger partial charge on any atom is -0.368 e. The largest absolute Gasteiger partial charge is 0.416 e. The van der Waals surface area contributed by atoms with Crippen molar-refractivity contribution in [3.63, 3.8) is 0 Å². The number of carbonyl (C=O) groups is 1. The number of H-pyrrole nitrogens is 1. The van der Waals surface area contributed by atoms with Crippen LogP contribution in [0.3, 0.4) is 0 Å². The zero-order valence-electron chi connectivity index (χ0n) is 22.2. The molecule has 11 heteroatoms. The Morgan fingerprint density at radius 3 is 2.34 bits per heavy atom. The number of nitrogens with one attached hydrogen (secondary N) is 3.